The first-order valence-corrected chi connectivity index (χ1v) is 6.09. The zero-order chi connectivity index (χ0) is 13.8. The predicted molar refractivity (Wildman–Crippen MR) is 70.9 cm³/mol. The molecule has 0 saturated heterocycles. The lowest BCUT2D eigenvalue weighted by Gasteiger charge is -2.12. The van der Waals surface area contributed by atoms with Gasteiger partial charge in [0, 0.05) is 23.2 Å². The smallest absolute Gasteiger partial charge is 0.137 e. The van der Waals surface area contributed by atoms with Crippen molar-refractivity contribution in [3.8, 4) is 5.75 Å². The summed E-state index contributed by atoms with van der Waals surface area (Å²) in [5.74, 6) is 0.174. The number of nitrogens with zero attached hydrogens (tertiary/aromatic N) is 1. The molecule has 0 fully saturated rings. The van der Waals surface area contributed by atoms with Crippen molar-refractivity contribution in [1.82, 2.24) is 4.98 Å². The fourth-order valence-corrected chi connectivity index (χ4v) is 1.99. The molecule has 100 valence electrons. The molecule has 1 N–H and O–H groups in total. The summed E-state index contributed by atoms with van der Waals surface area (Å²) in [5, 5.41) is 10.4. The highest BCUT2D eigenvalue weighted by atomic mass is 35.5. The summed E-state index contributed by atoms with van der Waals surface area (Å²) in [5.41, 5.74) is 1.30. The molecule has 0 aliphatic carbocycles. The maximum Gasteiger partial charge on any atom is 0.137 e. The Morgan fingerprint density at radius 1 is 1.37 bits per heavy atom. The summed E-state index contributed by atoms with van der Waals surface area (Å²) in [6.45, 7) is 0. The number of ether oxygens (including phenoxy) is 1. The number of hydrogen-bond acceptors (Lipinski definition) is 3. The molecule has 1 aromatic carbocycles. The summed E-state index contributed by atoms with van der Waals surface area (Å²) in [4.78, 5) is 3.98. The van der Waals surface area contributed by atoms with Gasteiger partial charge in [-0.05, 0) is 23.8 Å². The van der Waals surface area contributed by atoms with Crippen LogP contribution in [0.2, 0.25) is 5.02 Å². The third-order valence-electron chi connectivity index (χ3n) is 2.78. The van der Waals surface area contributed by atoms with Crippen LogP contribution in [0.4, 0.5) is 4.39 Å². The molecule has 19 heavy (non-hydrogen) atoms. The molecule has 0 aliphatic rings. The maximum atomic E-state index is 12.9. The zero-order valence-corrected chi connectivity index (χ0v) is 11.1. The van der Waals surface area contributed by atoms with E-state index in [9.17, 15) is 9.50 Å². The van der Waals surface area contributed by atoms with Crippen LogP contribution >= 0.6 is 11.6 Å². The Kier molecular flexibility index (Phi) is 4.35. The number of benzene rings is 1. The number of aliphatic hydroxyl groups excluding tert-OH is 1. The maximum absolute atomic E-state index is 12.9. The van der Waals surface area contributed by atoms with Gasteiger partial charge < -0.3 is 9.84 Å². The van der Waals surface area contributed by atoms with Crippen LogP contribution in [0, 0.1) is 5.82 Å². The summed E-state index contributed by atoms with van der Waals surface area (Å²) in [6.07, 6.45) is 2.63. The van der Waals surface area contributed by atoms with Gasteiger partial charge >= 0.3 is 0 Å². The summed E-state index contributed by atoms with van der Waals surface area (Å²) in [6, 6.07) is 5.81. The highest BCUT2D eigenvalue weighted by Gasteiger charge is 2.12. The molecule has 0 saturated carbocycles. The van der Waals surface area contributed by atoms with Crippen LogP contribution in [-0.2, 0) is 6.42 Å². The lowest BCUT2D eigenvalue weighted by atomic mass is 10.0. The first-order valence-electron chi connectivity index (χ1n) is 5.71. The van der Waals surface area contributed by atoms with Crippen molar-refractivity contribution in [1.29, 1.82) is 0 Å². The second kappa shape index (κ2) is 5.99. The molecule has 3 nitrogen and oxygen atoms in total. The Bertz CT molecular complexity index is 577. The summed E-state index contributed by atoms with van der Waals surface area (Å²) in [7, 11) is 1.53. The average Bonchev–Trinajstić information content (AvgIpc) is 2.42. The van der Waals surface area contributed by atoms with E-state index in [2.05, 4.69) is 4.98 Å². The highest BCUT2D eigenvalue weighted by molar-refractivity contribution is 6.31. The van der Waals surface area contributed by atoms with E-state index in [1.54, 1.807) is 24.5 Å². The number of methoxy groups -OCH3 is 1. The SMILES string of the molecule is COc1cncc(C(O)Cc2ccc(F)cc2Cl)c1. The van der Waals surface area contributed by atoms with E-state index in [-0.39, 0.29) is 6.42 Å². The first kappa shape index (κ1) is 13.8. The molecule has 0 aliphatic heterocycles. The van der Waals surface area contributed by atoms with Crippen LogP contribution in [0.25, 0.3) is 0 Å². The number of rotatable bonds is 4. The van der Waals surface area contributed by atoms with Crippen LogP contribution in [0.3, 0.4) is 0 Å². The third kappa shape index (κ3) is 3.43. The number of aromatic nitrogens is 1. The fourth-order valence-electron chi connectivity index (χ4n) is 1.74. The Balaban J connectivity index is 2.17. The average molecular weight is 282 g/mol. The molecule has 0 radical (unpaired) electrons. The van der Waals surface area contributed by atoms with Crippen LogP contribution in [0.1, 0.15) is 17.2 Å². The molecule has 5 heteroatoms. The number of halogens is 2. The van der Waals surface area contributed by atoms with Crippen molar-refractivity contribution in [2.45, 2.75) is 12.5 Å². The normalized spacial score (nSPS) is 12.2. The van der Waals surface area contributed by atoms with E-state index in [0.29, 0.717) is 21.9 Å². The first-order chi connectivity index (χ1) is 9.10. The van der Waals surface area contributed by atoms with Gasteiger partial charge in [-0.3, -0.25) is 4.98 Å². The van der Waals surface area contributed by atoms with Gasteiger partial charge in [0.05, 0.1) is 19.4 Å². The van der Waals surface area contributed by atoms with E-state index >= 15 is 0 Å². The molecule has 0 bridgehead atoms. The molecule has 1 unspecified atom stereocenters. The number of aliphatic hydroxyl groups is 1. The van der Waals surface area contributed by atoms with Gasteiger partial charge in [-0.15, -0.1) is 0 Å². The van der Waals surface area contributed by atoms with Crippen molar-refractivity contribution in [3.05, 3.63) is 58.6 Å². The Morgan fingerprint density at radius 2 is 2.16 bits per heavy atom. The monoisotopic (exact) mass is 281 g/mol. The molecule has 0 spiro atoms. The summed E-state index contributed by atoms with van der Waals surface area (Å²) >= 11 is 5.93. The highest BCUT2D eigenvalue weighted by Crippen LogP contribution is 2.25. The lowest BCUT2D eigenvalue weighted by Crippen LogP contribution is -2.03. The molecular weight excluding hydrogens is 269 g/mol. The minimum atomic E-state index is -0.773. The molecular formula is C14H13ClFNO2. The largest absolute Gasteiger partial charge is 0.495 e. The molecule has 2 aromatic rings. The van der Waals surface area contributed by atoms with Crippen molar-refractivity contribution >= 4 is 11.6 Å². The van der Waals surface area contributed by atoms with Crippen LogP contribution in [0.5, 0.6) is 5.75 Å². The molecule has 1 heterocycles. The lowest BCUT2D eigenvalue weighted by molar-refractivity contribution is 0.177. The standard InChI is InChI=1S/C14H13ClFNO2/c1-19-12-4-10(7-17-8-12)14(18)5-9-2-3-11(16)6-13(9)15/h2-4,6-8,14,18H,5H2,1H3. The Labute approximate surface area is 115 Å². The number of pyridine rings is 1. The number of hydrogen-bond donors (Lipinski definition) is 1. The van der Waals surface area contributed by atoms with Gasteiger partial charge in [-0.25, -0.2) is 4.39 Å². The molecule has 1 atom stereocenters. The molecule has 0 amide bonds. The second-order valence-corrected chi connectivity index (χ2v) is 4.52. The fraction of sp³-hybridized carbons (Fsp3) is 0.214. The summed E-state index contributed by atoms with van der Waals surface area (Å²) < 4.78 is 18.0. The molecule has 2 rings (SSSR count). The van der Waals surface area contributed by atoms with Crippen molar-refractivity contribution in [2.24, 2.45) is 0 Å². The minimum absolute atomic E-state index is 0.286. The van der Waals surface area contributed by atoms with Crippen LogP contribution in [-0.4, -0.2) is 17.2 Å². The van der Waals surface area contributed by atoms with E-state index in [1.165, 1.54) is 19.2 Å². The minimum Gasteiger partial charge on any atom is -0.495 e. The zero-order valence-electron chi connectivity index (χ0n) is 10.3. The van der Waals surface area contributed by atoms with Gasteiger partial charge in [-0.2, -0.15) is 0 Å². The van der Waals surface area contributed by atoms with Gasteiger partial charge in [0.1, 0.15) is 11.6 Å². The van der Waals surface area contributed by atoms with Gasteiger partial charge in [0.25, 0.3) is 0 Å². The topological polar surface area (TPSA) is 42.4 Å². The second-order valence-electron chi connectivity index (χ2n) is 4.11. The van der Waals surface area contributed by atoms with Crippen molar-refractivity contribution in [3.63, 3.8) is 0 Å². The predicted octanol–water partition coefficient (Wildman–Crippen LogP) is 3.16. The van der Waals surface area contributed by atoms with Crippen LogP contribution < -0.4 is 4.74 Å². The quantitative estimate of drug-likeness (QED) is 0.936. The van der Waals surface area contributed by atoms with Crippen LogP contribution in [0.15, 0.2) is 36.7 Å². The Hall–Kier alpha value is -1.65. The van der Waals surface area contributed by atoms with E-state index < -0.39 is 11.9 Å². The van der Waals surface area contributed by atoms with Crippen molar-refractivity contribution in [2.75, 3.05) is 7.11 Å². The Morgan fingerprint density at radius 3 is 2.84 bits per heavy atom. The van der Waals surface area contributed by atoms with E-state index in [0.717, 1.165) is 0 Å². The van der Waals surface area contributed by atoms with E-state index in [4.69, 9.17) is 16.3 Å². The van der Waals surface area contributed by atoms with Gasteiger partial charge in [-0.1, -0.05) is 17.7 Å². The van der Waals surface area contributed by atoms with Crippen molar-refractivity contribution < 1.29 is 14.2 Å². The third-order valence-corrected chi connectivity index (χ3v) is 3.14. The molecule has 1 aromatic heterocycles. The van der Waals surface area contributed by atoms with Gasteiger partial charge in [0.2, 0.25) is 0 Å². The van der Waals surface area contributed by atoms with E-state index in [1.807, 2.05) is 0 Å². The van der Waals surface area contributed by atoms with Gasteiger partial charge in [0.15, 0.2) is 0 Å².